The molecule has 4 aromatic rings. The standard InChI is InChI=1S/C24H22BrN3O5S/c1-3-32-22(29)15-26-24-23(27-21-9-4-6-16(2)28(21)24)17-7-5-8-19(14-17)33-34(30,31)20-12-10-18(25)11-13-20/h4-14,26H,3,15H2,1-2H3. The maximum Gasteiger partial charge on any atom is 0.339 e. The molecule has 2 aromatic heterocycles. The van der Waals surface area contributed by atoms with Gasteiger partial charge in [0.05, 0.1) is 6.61 Å². The van der Waals surface area contributed by atoms with Gasteiger partial charge < -0.3 is 14.2 Å². The molecule has 0 atom stereocenters. The predicted molar refractivity (Wildman–Crippen MR) is 132 cm³/mol. The molecule has 34 heavy (non-hydrogen) atoms. The highest BCUT2D eigenvalue weighted by atomic mass is 79.9. The molecule has 0 bridgehead atoms. The highest BCUT2D eigenvalue weighted by Crippen LogP contribution is 2.32. The fraction of sp³-hybridized carbons (Fsp3) is 0.167. The van der Waals surface area contributed by atoms with Gasteiger partial charge in [-0.05, 0) is 62.4 Å². The van der Waals surface area contributed by atoms with Gasteiger partial charge in [0, 0.05) is 15.7 Å². The number of aromatic nitrogens is 2. The van der Waals surface area contributed by atoms with Crippen molar-refractivity contribution in [1.29, 1.82) is 0 Å². The first-order valence-electron chi connectivity index (χ1n) is 10.5. The van der Waals surface area contributed by atoms with Crippen LogP contribution in [0.1, 0.15) is 12.6 Å². The minimum atomic E-state index is -4.02. The number of nitrogens with one attached hydrogen (secondary N) is 1. The summed E-state index contributed by atoms with van der Waals surface area (Å²) in [6.45, 7) is 3.91. The van der Waals surface area contributed by atoms with Gasteiger partial charge in [-0.1, -0.05) is 34.1 Å². The first kappa shape index (κ1) is 23.8. The van der Waals surface area contributed by atoms with Crippen molar-refractivity contribution in [3.05, 3.63) is 76.9 Å². The van der Waals surface area contributed by atoms with Crippen LogP contribution in [0.5, 0.6) is 5.75 Å². The molecule has 1 N–H and O–H groups in total. The lowest BCUT2D eigenvalue weighted by atomic mass is 10.1. The van der Waals surface area contributed by atoms with Crippen LogP contribution in [0.4, 0.5) is 5.82 Å². The van der Waals surface area contributed by atoms with Gasteiger partial charge in [0.2, 0.25) is 0 Å². The third kappa shape index (κ3) is 5.07. The molecule has 0 unspecified atom stereocenters. The van der Waals surface area contributed by atoms with Gasteiger partial charge in [0.1, 0.15) is 34.3 Å². The summed E-state index contributed by atoms with van der Waals surface area (Å²) in [6.07, 6.45) is 0. The number of imidazole rings is 1. The molecule has 0 aliphatic heterocycles. The van der Waals surface area contributed by atoms with Crippen LogP contribution >= 0.6 is 15.9 Å². The molecular weight excluding hydrogens is 522 g/mol. The van der Waals surface area contributed by atoms with Crippen LogP contribution in [0.2, 0.25) is 0 Å². The SMILES string of the molecule is CCOC(=O)CNc1c(-c2cccc(OS(=O)(=O)c3ccc(Br)cc3)c2)nc2cccc(C)n12. The van der Waals surface area contributed by atoms with E-state index in [9.17, 15) is 13.2 Å². The minimum absolute atomic E-state index is 0.0428. The van der Waals surface area contributed by atoms with E-state index in [1.165, 1.54) is 12.1 Å². The van der Waals surface area contributed by atoms with Gasteiger partial charge in [-0.3, -0.25) is 9.20 Å². The molecule has 0 saturated heterocycles. The Balaban J connectivity index is 1.71. The second-order valence-electron chi connectivity index (χ2n) is 7.35. The zero-order valence-corrected chi connectivity index (χ0v) is 20.9. The number of hydrogen-bond donors (Lipinski definition) is 1. The van der Waals surface area contributed by atoms with Crippen molar-refractivity contribution in [2.75, 3.05) is 18.5 Å². The number of fused-ring (bicyclic) bond motifs is 1. The van der Waals surface area contributed by atoms with Gasteiger partial charge in [-0.25, -0.2) is 4.98 Å². The third-order valence-corrected chi connectivity index (χ3v) is 6.75. The molecule has 0 fully saturated rings. The van der Waals surface area contributed by atoms with Crippen LogP contribution in [0.3, 0.4) is 0 Å². The van der Waals surface area contributed by atoms with E-state index in [0.717, 1.165) is 10.2 Å². The quantitative estimate of drug-likeness (QED) is 0.251. The topological polar surface area (TPSA) is 99.0 Å². The van der Waals surface area contributed by atoms with E-state index in [1.807, 2.05) is 29.5 Å². The average Bonchev–Trinajstić information content (AvgIpc) is 3.18. The van der Waals surface area contributed by atoms with E-state index in [-0.39, 0.29) is 23.8 Å². The van der Waals surface area contributed by atoms with E-state index in [2.05, 4.69) is 21.2 Å². The van der Waals surface area contributed by atoms with Crippen molar-refractivity contribution in [2.24, 2.45) is 0 Å². The molecule has 4 rings (SSSR count). The highest BCUT2D eigenvalue weighted by Gasteiger charge is 2.20. The highest BCUT2D eigenvalue weighted by molar-refractivity contribution is 9.10. The van der Waals surface area contributed by atoms with Gasteiger partial charge in [0.15, 0.2) is 0 Å². The predicted octanol–water partition coefficient (Wildman–Crippen LogP) is 4.81. The Kier molecular flexibility index (Phi) is 6.90. The molecule has 2 aromatic carbocycles. The van der Waals surface area contributed by atoms with Gasteiger partial charge in [0.25, 0.3) is 0 Å². The Morgan fingerprint density at radius 1 is 1.09 bits per heavy atom. The number of esters is 1. The van der Waals surface area contributed by atoms with Crippen LogP contribution in [-0.4, -0.2) is 36.9 Å². The number of hydrogen-bond acceptors (Lipinski definition) is 7. The fourth-order valence-electron chi connectivity index (χ4n) is 3.46. The molecule has 0 aliphatic carbocycles. The normalized spacial score (nSPS) is 11.4. The fourth-order valence-corrected chi connectivity index (χ4v) is 4.65. The van der Waals surface area contributed by atoms with Crippen LogP contribution in [0, 0.1) is 6.92 Å². The van der Waals surface area contributed by atoms with E-state index in [0.29, 0.717) is 22.7 Å². The first-order chi connectivity index (χ1) is 16.3. The number of ether oxygens (including phenoxy) is 1. The Morgan fingerprint density at radius 2 is 1.82 bits per heavy atom. The third-order valence-electron chi connectivity index (χ3n) is 4.96. The smallest absolute Gasteiger partial charge is 0.339 e. The van der Waals surface area contributed by atoms with E-state index < -0.39 is 16.1 Å². The second kappa shape index (κ2) is 9.86. The summed E-state index contributed by atoms with van der Waals surface area (Å²) in [6, 6.07) is 18.5. The summed E-state index contributed by atoms with van der Waals surface area (Å²) in [5.41, 5.74) is 2.76. The van der Waals surface area contributed by atoms with Crippen molar-refractivity contribution in [3.8, 4) is 17.0 Å². The molecular formula is C24H22BrN3O5S. The van der Waals surface area contributed by atoms with E-state index >= 15 is 0 Å². The average molecular weight is 544 g/mol. The summed E-state index contributed by atoms with van der Waals surface area (Å²) in [5, 5.41) is 3.12. The number of anilines is 1. The molecule has 10 heteroatoms. The number of halogens is 1. The first-order valence-corrected chi connectivity index (χ1v) is 12.7. The zero-order chi connectivity index (χ0) is 24.3. The van der Waals surface area contributed by atoms with Gasteiger partial charge in [-0.15, -0.1) is 0 Å². The number of aryl methyl sites for hydroxylation is 1. The van der Waals surface area contributed by atoms with Gasteiger partial charge in [-0.2, -0.15) is 8.42 Å². The summed E-state index contributed by atoms with van der Waals surface area (Å²) < 4.78 is 38.5. The largest absolute Gasteiger partial charge is 0.465 e. The summed E-state index contributed by atoms with van der Waals surface area (Å²) in [4.78, 5) is 16.7. The van der Waals surface area contributed by atoms with Gasteiger partial charge >= 0.3 is 16.1 Å². The Labute approximate surface area is 205 Å². The molecule has 0 spiro atoms. The monoisotopic (exact) mass is 543 g/mol. The lowest BCUT2D eigenvalue weighted by Crippen LogP contribution is -2.18. The number of nitrogens with zero attached hydrogens (tertiary/aromatic N) is 2. The van der Waals surface area contributed by atoms with E-state index in [1.54, 1.807) is 43.3 Å². The number of carbonyl (C=O) groups excluding carboxylic acids is 1. The maximum absolute atomic E-state index is 12.7. The summed E-state index contributed by atoms with van der Waals surface area (Å²) in [7, 11) is -4.02. The van der Waals surface area contributed by atoms with Crippen LogP contribution < -0.4 is 9.50 Å². The molecule has 0 saturated carbocycles. The summed E-state index contributed by atoms with van der Waals surface area (Å²) in [5.74, 6) is 0.342. The lowest BCUT2D eigenvalue weighted by molar-refractivity contribution is -0.140. The molecule has 176 valence electrons. The lowest BCUT2D eigenvalue weighted by Gasteiger charge is -2.11. The minimum Gasteiger partial charge on any atom is -0.465 e. The van der Waals surface area contributed by atoms with E-state index in [4.69, 9.17) is 13.9 Å². The Bertz CT molecular complexity index is 1450. The number of benzene rings is 2. The zero-order valence-electron chi connectivity index (χ0n) is 18.5. The van der Waals surface area contributed by atoms with Crippen molar-refractivity contribution in [3.63, 3.8) is 0 Å². The van der Waals surface area contributed by atoms with Crippen molar-refractivity contribution in [2.45, 2.75) is 18.7 Å². The number of carbonyl (C=O) groups is 1. The molecule has 0 amide bonds. The van der Waals surface area contributed by atoms with Crippen LogP contribution in [0.15, 0.2) is 76.1 Å². The Hall–Kier alpha value is -3.37. The molecule has 0 aliphatic rings. The number of pyridine rings is 1. The van der Waals surface area contributed by atoms with Crippen LogP contribution in [0.25, 0.3) is 16.9 Å². The number of rotatable bonds is 8. The van der Waals surface area contributed by atoms with Crippen molar-refractivity contribution in [1.82, 2.24) is 9.38 Å². The molecule has 2 heterocycles. The maximum atomic E-state index is 12.7. The van der Waals surface area contributed by atoms with Crippen molar-refractivity contribution < 1.29 is 22.1 Å². The second-order valence-corrected chi connectivity index (χ2v) is 9.81. The summed E-state index contributed by atoms with van der Waals surface area (Å²) >= 11 is 3.29. The molecule has 8 nitrogen and oxygen atoms in total. The molecule has 0 radical (unpaired) electrons. The Morgan fingerprint density at radius 3 is 2.56 bits per heavy atom. The van der Waals surface area contributed by atoms with Crippen LogP contribution in [-0.2, 0) is 19.6 Å². The van der Waals surface area contributed by atoms with Crippen molar-refractivity contribution >= 4 is 43.5 Å².